The molecule has 1 fully saturated rings. The second kappa shape index (κ2) is 6.63. The molecule has 4 rings (SSSR count). The summed E-state index contributed by atoms with van der Waals surface area (Å²) in [6.45, 7) is 1.97. The average molecular weight is 383 g/mol. The minimum Gasteiger partial charge on any atom is -0.331 e. The number of aromatic nitrogens is 2. The minimum absolute atomic E-state index is 0.165. The molecule has 0 bridgehead atoms. The van der Waals surface area contributed by atoms with Crippen molar-refractivity contribution in [1.29, 1.82) is 0 Å². The van der Waals surface area contributed by atoms with Crippen LogP contribution in [0.4, 0.5) is 5.69 Å². The Morgan fingerprint density at radius 1 is 1.27 bits per heavy atom. The van der Waals surface area contributed by atoms with Gasteiger partial charge in [-0.15, -0.1) is 0 Å². The zero-order chi connectivity index (χ0) is 18.3. The Balaban J connectivity index is 1.65. The summed E-state index contributed by atoms with van der Waals surface area (Å²) < 4.78 is 2.03. The van der Waals surface area contributed by atoms with E-state index >= 15 is 0 Å². The lowest BCUT2D eigenvalue weighted by molar-refractivity contribution is -0.115. The van der Waals surface area contributed by atoms with Gasteiger partial charge in [-0.2, -0.15) is 0 Å². The second-order valence-corrected chi connectivity index (χ2v) is 7.34. The summed E-state index contributed by atoms with van der Waals surface area (Å²) in [4.78, 5) is 21.8. The van der Waals surface area contributed by atoms with Gasteiger partial charge in [-0.3, -0.25) is 4.79 Å². The number of carbonyl (C=O) groups excluding carboxylic acids is 1. The molecule has 0 spiro atoms. The Hall–Kier alpha value is -2.57. The number of aliphatic imine (C=N–C) groups is 1. The quantitative estimate of drug-likeness (QED) is 0.667. The van der Waals surface area contributed by atoms with E-state index in [1.807, 2.05) is 61.0 Å². The van der Waals surface area contributed by atoms with Gasteiger partial charge >= 0.3 is 0 Å². The first-order valence-electron chi connectivity index (χ1n) is 7.98. The third-order valence-corrected chi connectivity index (χ3v) is 5.38. The summed E-state index contributed by atoms with van der Waals surface area (Å²) >= 11 is 7.43. The highest BCUT2D eigenvalue weighted by atomic mass is 35.5. The normalized spacial score (nSPS) is 17.4. The Morgan fingerprint density at radius 2 is 2.08 bits per heavy atom. The van der Waals surface area contributed by atoms with Crippen LogP contribution in [0, 0.1) is 6.92 Å². The molecular formula is C19H15ClN4OS. The van der Waals surface area contributed by atoms with Gasteiger partial charge in [0.25, 0.3) is 5.91 Å². The number of amidine groups is 1. The Morgan fingerprint density at radius 3 is 2.88 bits per heavy atom. The Kier molecular flexibility index (Phi) is 4.30. The topological polar surface area (TPSA) is 59.3 Å². The maximum Gasteiger partial charge on any atom is 0.264 e. The van der Waals surface area contributed by atoms with Crippen LogP contribution in [-0.2, 0) is 11.8 Å². The molecule has 0 radical (unpaired) electrons. The van der Waals surface area contributed by atoms with Crippen LogP contribution in [0.1, 0.15) is 11.4 Å². The van der Waals surface area contributed by atoms with Gasteiger partial charge in [-0.1, -0.05) is 29.8 Å². The molecule has 3 aromatic rings. The van der Waals surface area contributed by atoms with E-state index in [-0.39, 0.29) is 5.91 Å². The number of thioether (sulfide) groups is 1. The zero-order valence-corrected chi connectivity index (χ0v) is 15.7. The van der Waals surface area contributed by atoms with Crippen LogP contribution in [0.2, 0.25) is 5.02 Å². The number of benzene rings is 2. The third kappa shape index (κ3) is 3.13. The number of fused-ring (bicyclic) bond motifs is 1. The number of hydrogen-bond acceptors (Lipinski definition) is 4. The van der Waals surface area contributed by atoms with Crippen LogP contribution in [0.25, 0.3) is 17.1 Å². The van der Waals surface area contributed by atoms with Crippen molar-refractivity contribution in [2.24, 2.45) is 12.0 Å². The van der Waals surface area contributed by atoms with E-state index < -0.39 is 0 Å². The summed E-state index contributed by atoms with van der Waals surface area (Å²) in [5.41, 5.74) is 3.55. The van der Waals surface area contributed by atoms with Gasteiger partial charge in [0.15, 0.2) is 5.17 Å². The molecule has 2 heterocycles. The van der Waals surface area contributed by atoms with Gasteiger partial charge in [0, 0.05) is 7.05 Å². The molecule has 0 atom stereocenters. The maximum absolute atomic E-state index is 12.3. The number of carbonyl (C=O) groups is 1. The van der Waals surface area contributed by atoms with Crippen LogP contribution in [-0.4, -0.2) is 20.6 Å². The van der Waals surface area contributed by atoms with Crippen LogP contribution in [0.15, 0.2) is 52.4 Å². The second-order valence-electron chi connectivity index (χ2n) is 5.90. The van der Waals surface area contributed by atoms with E-state index in [0.717, 1.165) is 22.4 Å². The number of nitrogens with zero attached hydrogens (tertiary/aromatic N) is 3. The molecule has 1 N–H and O–H groups in total. The Bertz CT molecular complexity index is 1100. The van der Waals surface area contributed by atoms with E-state index in [2.05, 4.69) is 15.3 Å². The predicted molar refractivity (Wildman–Crippen MR) is 108 cm³/mol. The van der Waals surface area contributed by atoms with Gasteiger partial charge < -0.3 is 9.88 Å². The summed E-state index contributed by atoms with van der Waals surface area (Å²) in [5, 5.41) is 3.85. The van der Waals surface area contributed by atoms with Gasteiger partial charge in [0.2, 0.25) is 0 Å². The van der Waals surface area contributed by atoms with Crippen molar-refractivity contribution in [2.75, 3.05) is 0 Å². The molecule has 1 aliphatic heterocycles. The number of nitrogens with one attached hydrogen (secondary N) is 1. The molecule has 0 saturated carbocycles. The SMILES string of the molecule is Cc1nc2ccc(C=C3SC(=Nc4ccccc4Cl)NC3=O)cc2n1C. The number of halogens is 1. The zero-order valence-electron chi connectivity index (χ0n) is 14.2. The molecule has 2 aromatic carbocycles. The Labute approximate surface area is 159 Å². The number of aryl methyl sites for hydroxylation is 2. The van der Waals surface area contributed by atoms with Crippen LogP contribution in [0.5, 0.6) is 0 Å². The van der Waals surface area contributed by atoms with Crippen molar-refractivity contribution in [3.05, 3.63) is 63.8 Å². The summed E-state index contributed by atoms with van der Waals surface area (Å²) in [6, 6.07) is 13.2. The van der Waals surface area contributed by atoms with Crippen molar-refractivity contribution in [3.63, 3.8) is 0 Å². The van der Waals surface area contributed by atoms with E-state index in [1.165, 1.54) is 11.8 Å². The molecular weight excluding hydrogens is 368 g/mol. The van der Waals surface area contributed by atoms with Gasteiger partial charge in [0.1, 0.15) is 5.82 Å². The highest BCUT2D eigenvalue weighted by molar-refractivity contribution is 8.18. The number of amides is 1. The van der Waals surface area contributed by atoms with Crippen LogP contribution >= 0.6 is 23.4 Å². The highest BCUT2D eigenvalue weighted by Crippen LogP contribution is 2.31. The first-order chi connectivity index (χ1) is 12.5. The first kappa shape index (κ1) is 16.9. The van der Waals surface area contributed by atoms with Crippen molar-refractivity contribution < 1.29 is 4.79 Å². The number of hydrogen-bond donors (Lipinski definition) is 1. The molecule has 7 heteroatoms. The lowest BCUT2D eigenvalue weighted by Gasteiger charge is -1.99. The standard InChI is InChI=1S/C19H15ClN4OS/c1-11-21-15-8-7-12(9-16(15)24(11)2)10-17-18(25)23-19(26-17)22-14-6-4-3-5-13(14)20/h3-10H,1-2H3,(H,22,23,25). The van der Waals surface area contributed by atoms with E-state index in [9.17, 15) is 4.79 Å². The number of imidazole rings is 1. The third-order valence-electron chi connectivity index (χ3n) is 4.15. The molecule has 130 valence electrons. The van der Waals surface area contributed by atoms with Gasteiger partial charge in [-0.05, 0) is 54.6 Å². The summed E-state index contributed by atoms with van der Waals surface area (Å²) in [5.74, 6) is 0.786. The van der Waals surface area contributed by atoms with Gasteiger partial charge in [0.05, 0.1) is 26.6 Å². The van der Waals surface area contributed by atoms with Crippen molar-refractivity contribution in [3.8, 4) is 0 Å². The number of rotatable bonds is 2. The molecule has 1 aliphatic rings. The fourth-order valence-corrected chi connectivity index (χ4v) is 3.71. The first-order valence-corrected chi connectivity index (χ1v) is 9.18. The average Bonchev–Trinajstić information content (AvgIpc) is 3.10. The molecule has 1 aromatic heterocycles. The molecule has 26 heavy (non-hydrogen) atoms. The largest absolute Gasteiger partial charge is 0.331 e. The van der Waals surface area contributed by atoms with Crippen molar-refractivity contribution in [1.82, 2.24) is 14.9 Å². The fourth-order valence-electron chi connectivity index (χ4n) is 2.70. The fraction of sp³-hybridized carbons (Fsp3) is 0.105. The predicted octanol–water partition coefficient (Wildman–Crippen LogP) is 4.43. The van der Waals surface area contributed by atoms with Crippen molar-refractivity contribution in [2.45, 2.75) is 6.92 Å². The minimum atomic E-state index is -0.165. The monoisotopic (exact) mass is 382 g/mol. The lowest BCUT2D eigenvalue weighted by Crippen LogP contribution is -2.19. The maximum atomic E-state index is 12.3. The molecule has 5 nitrogen and oxygen atoms in total. The molecule has 1 amide bonds. The van der Waals surface area contributed by atoms with E-state index in [1.54, 1.807) is 6.07 Å². The van der Waals surface area contributed by atoms with Crippen molar-refractivity contribution >= 4 is 57.2 Å². The molecule has 1 saturated heterocycles. The van der Waals surface area contributed by atoms with Gasteiger partial charge in [-0.25, -0.2) is 9.98 Å². The lowest BCUT2D eigenvalue weighted by atomic mass is 10.2. The van der Waals surface area contributed by atoms with E-state index in [4.69, 9.17) is 11.6 Å². The summed E-state index contributed by atoms with van der Waals surface area (Å²) in [7, 11) is 1.98. The number of para-hydroxylation sites is 1. The molecule has 0 aliphatic carbocycles. The molecule has 0 unspecified atom stereocenters. The summed E-state index contributed by atoms with van der Waals surface area (Å²) in [6.07, 6.45) is 1.86. The van der Waals surface area contributed by atoms with Crippen LogP contribution < -0.4 is 5.32 Å². The van der Waals surface area contributed by atoms with Crippen LogP contribution in [0.3, 0.4) is 0 Å². The highest BCUT2D eigenvalue weighted by Gasteiger charge is 2.24. The van der Waals surface area contributed by atoms with E-state index in [0.29, 0.717) is 20.8 Å². The smallest absolute Gasteiger partial charge is 0.264 e.